The number of rotatable bonds is 2. The van der Waals surface area contributed by atoms with Crippen LogP contribution in [0.25, 0.3) is 0 Å². The number of sulfonamides is 1. The molecule has 0 saturated carbocycles. The summed E-state index contributed by atoms with van der Waals surface area (Å²) in [5.41, 5.74) is 0. The Balaban J connectivity index is 3.27. The third-order valence-electron chi connectivity index (χ3n) is 1.39. The lowest BCUT2D eigenvalue weighted by Gasteiger charge is -1.90. The number of hydrogen-bond acceptors (Lipinski definition) is 4. The fourth-order valence-electron chi connectivity index (χ4n) is 0.885. The maximum atomic E-state index is 10.8. The average Bonchev–Trinajstić information content (AvgIpc) is 2.29. The van der Waals surface area contributed by atoms with Crippen LogP contribution < -0.4 is 5.14 Å². The molecule has 6 heteroatoms. The minimum Gasteiger partial charge on any atom is -0.462 e. The van der Waals surface area contributed by atoms with E-state index in [-0.39, 0.29) is 23.0 Å². The first-order valence-corrected chi connectivity index (χ1v) is 4.72. The molecule has 0 saturated heterocycles. The Labute approximate surface area is 69.9 Å². The van der Waals surface area contributed by atoms with E-state index in [4.69, 9.17) is 14.7 Å². The van der Waals surface area contributed by atoms with Gasteiger partial charge in [-0.2, -0.15) is 0 Å². The van der Waals surface area contributed by atoms with Crippen LogP contribution in [0.1, 0.15) is 11.5 Å². The van der Waals surface area contributed by atoms with Gasteiger partial charge in [0.15, 0.2) is 0 Å². The average molecular weight is 191 g/mol. The quantitative estimate of drug-likeness (QED) is 0.672. The number of aliphatic hydroxyl groups excluding tert-OH is 1. The van der Waals surface area contributed by atoms with Crippen molar-refractivity contribution in [2.75, 3.05) is 0 Å². The number of nitrogens with two attached hydrogens (primary N) is 1. The molecule has 3 N–H and O–H groups in total. The van der Waals surface area contributed by atoms with E-state index >= 15 is 0 Å². The highest BCUT2D eigenvalue weighted by Crippen LogP contribution is 2.18. The number of aliphatic hydroxyl groups is 1. The molecule has 1 heterocycles. The van der Waals surface area contributed by atoms with E-state index < -0.39 is 10.0 Å². The van der Waals surface area contributed by atoms with Crippen LogP contribution in [0.2, 0.25) is 0 Å². The summed E-state index contributed by atoms with van der Waals surface area (Å²) in [6.07, 6.45) is 0. The second-order valence-corrected chi connectivity index (χ2v) is 3.87. The van der Waals surface area contributed by atoms with Crippen LogP contribution in [0.4, 0.5) is 0 Å². The molecule has 0 radical (unpaired) electrons. The molecule has 0 aromatic carbocycles. The molecular weight excluding hydrogens is 182 g/mol. The molecule has 0 fully saturated rings. The minimum absolute atomic E-state index is 0.0773. The fourth-order valence-corrected chi connectivity index (χ4v) is 1.62. The number of furan rings is 1. The van der Waals surface area contributed by atoms with Gasteiger partial charge in [0, 0.05) is 6.07 Å². The largest absolute Gasteiger partial charge is 0.462 e. The summed E-state index contributed by atoms with van der Waals surface area (Å²) in [6.45, 7) is 1.13. The lowest BCUT2D eigenvalue weighted by atomic mass is 10.4. The van der Waals surface area contributed by atoms with Gasteiger partial charge in [-0.15, -0.1) is 0 Å². The van der Waals surface area contributed by atoms with E-state index in [0.29, 0.717) is 0 Å². The summed E-state index contributed by atoms with van der Waals surface area (Å²) >= 11 is 0. The minimum atomic E-state index is -3.73. The number of aryl methyl sites for hydroxylation is 1. The zero-order valence-electron chi connectivity index (χ0n) is 6.44. The topological polar surface area (TPSA) is 93.5 Å². The Morgan fingerprint density at radius 3 is 2.50 bits per heavy atom. The predicted octanol–water partition coefficient (Wildman–Crippen LogP) is -0.272. The van der Waals surface area contributed by atoms with Crippen molar-refractivity contribution >= 4 is 10.0 Å². The van der Waals surface area contributed by atoms with Crippen molar-refractivity contribution in [3.8, 4) is 0 Å². The predicted molar refractivity (Wildman–Crippen MR) is 40.7 cm³/mol. The van der Waals surface area contributed by atoms with Crippen molar-refractivity contribution in [2.24, 2.45) is 5.14 Å². The Hall–Kier alpha value is -0.850. The van der Waals surface area contributed by atoms with Crippen LogP contribution in [-0.2, 0) is 16.6 Å². The third-order valence-corrected chi connectivity index (χ3v) is 2.40. The van der Waals surface area contributed by atoms with Crippen molar-refractivity contribution in [1.29, 1.82) is 0 Å². The van der Waals surface area contributed by atoms with Gasteiger partial charge in [0.25, 0.3) is 0 Å². The second kappa shape index (κ2) is 2.89. The zero-order chi connectivity index (χ0) is 9.35. The van der Waals surface area contributed by atoms with Crippen molar-refractivity contribution in [3.63, 3.8) is 0 Å². The smallest absolute Gasteiger partial charge is 0.241 e. The highest BCUT2D eigenvalue weighted by atomic mass is 32.2. The summed E-state index contributed by atoms with van der Waals surface area (Å²) in [6, 6.07) is 1.21. The molecule has 0 aliphatic heterocycles. The number of hydrogen-bond donors (Lipinski definition) is 2. The van der Waals surface area contributed by atoms with Gasteiger partial charge in [-0.3, -0.25) is 0 Å². The van der Waals surface area contributed by atoms with Crippen molar-refractivity contribution in [3.05, 3.63) is 17.6 Å². The molecule has 0 unspecified atom stereocenters. The van der Waals surface area contributed by atoms with Crippen molar-refractivity contribution in [2.45, 2.75) is 18.4 Å². The summed E-state index contributed by atoms with van der Waals surface area (Å²) in [5, 5.41) is 13.5. The molecule has 12 heavy (non-hydrogen) atoms. The van der Waals surface area contributed by atoms with Gasteiger partial charge in [-0.05, 0) is 6.92 Å². The first-order chi connectivity index (χ1) is 5.45. The normalized spacial score (nSPS) is 11.9. The lowest BCUT2D eigenvalue weighted by molar-refractivity contribution is 0.244. The van der Waals surface area contributed by atoms with Crippen LogP contribution in [-0.4, -0.2) is 13.5 Å². The molecule has 1 aromatic heterocycles. The molecule has 5 nitrogen and oxygen atoms in total. The Morgan fingerprint density at radius 2 is 2.25 bits per heavy atom. The molecule has 0 amide bonds. The summed E-state index contributed by atoms with van der Waals surface area (Å²) in [4.78, 5) is -0.0773. The molecule has 1 aromatic rings. The zero-order valence-corrected chi connectivity index (χ0v) is 7.26. The second-order valence-electron chi connectivity index (χ2n) is 2.34. The molecule has 0 aliphatic rings. The Morgan fingerprint density at radius 1 is 1.67 bits per heavy atom. The van der Waals surface area contributed by atoms with Gasteiger partial charge >= 0.3 is 0 Å². The summed E-state index contributed by atoms with van der Waals surface area (Å²) in [5.74, 6) is 0.387. The lowest BCUT2D eigenvalue weighted by Crippen LogP contribution is -2.12. The van der Waals surface area contributed by atoms with Gasteiger partial charge < -0.3 is 9.52 Å². The Kier molecular flexibility index (Phi) is 2.22. The molecule has 68 valence electrons. The van der Waals surface area contributed by atoms with Crippen LogP contribution >= 0.6 is 0 Å². The van der Waals surface area contributed by atoms with Gasteiger partial charge in [-0.25, -0.2) is 13.6 Å². The van der Waals surface area contributed by atoms with Crippen LogP contribution in [0.15, 0.2) is 15.4 Å². The number of primary sulfonamides is 1. The standard InChI is InChI=1S/C6H9NO4S/c1-4-6(12(7,9)10)2-5(3-8)11-4/h2,8H,3H2,1H3,(H2,7,9,10). The SMILES string of the molecule is Cc1oc(CO)cc1S(N)(=O)=O. The molecular formula is C6H9NO4S. The van der Waals surface area contributed by atoms with Gasteiger partial charge in [-0.1, -0.05) is 0 Å². The first kappa shape index (κ1) is 9.24. The van der Waals surface area contributed by atoms with Crippen LogP contribution in [0.3, 0.4) is 0 Å². The van der Waals surface area contributed by atoms with Gasteiger partial charge in [0.05, 0.1) is 0 Å². The highest BCUT2D eigenvalue weighted by molar-refractivity contribution is 7.89. The molecule has 0 bridgehead atoms. The van der Waals surface area contributed by atoms with Gasteiger partial charge in [0.1, 0.15) is 23.0 Å². The monoisotopic (exact) mass is 191 g/mol. The highest BCUT2D eigenvalue weighted by Gasteiger charge is 2.16. The van der Waals surface area contributed by atoms with E-state index in [2.05, 4.69) is 0 Å². The fraction of sp³-hybridized carbons (Fsp3) is 0.333. The maximum Gasteiger partial charge on any atom is 0.241 e. The Bertz CT molecular complexity index is 378. The van der Waals surface area contributed by atoms with Crippen molar-refractivity contribution in [1.82, 2.24) is 0 Å². The van der Waals surface area contributed by atoms with E-state index in [1.165, 1.54) is 13.0 Å². The van der Waals surface area contributed by atoms with E-state index in [9.17, 15) is 8.42 Å². The van der Waals surface area contributed by atoms with Crippen LogP contribution in [0.5, 0.6) is 0 Å². The summed E-state index contributed by atoms with van der Waals surface area (Å²) < 4.78 is 26.5. The molecule has 0 aliphatic carbocycles. The third kappa shape index (κ3) is 1.66. The molecule has 0 atom stereocenters. The van der Waals surface area contributed by atoms with Crippen LogP contribution in [0, 0.1) is 6.92 Å². The van der Waals surface area contributed by atoms with Gasteiger partial charge in [0.2, 0.25) is 10.0 Å². The van der Waals surface area contributed by atoms with E-state index in [0.717, 1.165) is 0 Å². The van der Waals surface area contributed by atoms with E-state index in [1.54, 1.807) is 0 Å². The first-order valence-electron chi connectivity index (χ1n) is 3.18. The molecule has 0 spiro atoms. The van der Waals surface area contributed by atoms with Crippen molar-refractivity contribution < 1.29 is 17.9 Å². The summed E-state index contributed by atoms with van der Waals surface area (Å²) in [7, 11) is -3.73. The molecule has 1 rings (SSSR count). The van der Waals surface area contributed by atoms with E-state index in [1.807, 2.05) is 0 Å². The maximum absolute atomic E-state index is 10.8.